The van der Waals surface area contributed by atoms with Crippen LogP contribution < -0.4 is 4.72 Å². The Morgan fingerprint density at radius 1 is 1.36 bits per heavy atom. The van der Waals surface area contributed by atoms with E-state index in [1.807, 2.05) is 13.8 Å². The number of sulfonamides is 1. The van der Waals surface area contributed by atoms with Crippen LogP contribution in [0.25, 0.3) is 0 Å². The van der Waals surface area contributed by atoms with Crippen LogP contribution in [-0.4, -0.2) is 29.4 Å². The molecule has 1 N–H and O–H groups in total. The second kappa shape index (κ2) is 5.37. The van der Waals surface area contributed by atoms with Crippen molar-refractivity contribution in [3.8, 4) is 0 Å². The van der Waals surface area contributed by atoms with Crippen molar-refractivity contribution in [3.05, 3.63) is 17.5 Å². The number of carbonyl (C=O) groups is 1. The third kappa shape index (κ3) is 2.66. The summed E-state index contributed by atoms with van der Waals surface area (Å²) in [7, 11) is -3.60. The number of fused-ring (bicyclic) bond motifs is 2. The highest BCUT2D eigenvalue weighted by Gasteiger charge is 2.46. The standard InChI is InChI=1S/C15H23N3O3S/c1-9(2)18-8-13(10(3)16-18)15(19)17-22(20,21)14-7-11-4-5-12(14)6-11/h8-9,11-12,14H,4-7H2,1-3H3,(H,17,19)/t11-,12+,14?/m1/s1. The van der Waals surface area contributed by atoms with Crippen LogP contribution in [0.4, 0.5) is 0 Å². The molecule has 1 aromatic heterocycles. The zero-order valence-corrected chi connectivity index (χ0v) is 14.1. The van der Waals surface area contributed by atoms with Gasteiger partial charge in [-0.15, -0.1) is 0 Å². The summed E-state index contributed by atoms with van der Waals surface area (Å²) in [4.78, 5) is 12.3. The molecule has 2 bridgehead atoms. The zero-order valence-electron chi connectivity index (χ0n) is 13.2. The highest BCUT2D eigenvalue weighted by molar-refractivity contribution is 7.90. The van der Waals surface area contributed by atoms with Crippen molar-refractivity contribution in [2.45, 2.75) is 57.7 Å². The van der Waals surface area contributed by atoms with Gasteiger partial charge < -0.3 is 0 Å². The molecule has 1 amide bonds. The Hall–Kier alpha value is -1.37. The molecule has 2 aliphatic rings. The Balaban J connectivity index is 1.76. The lowest BCUT2D eigenvalue weighted by Crippen LogP contribution is -2.40. The van der Waals surface area contributed by atoms with E-state index in [4.69, 9.17) is 0 Å². The lowest BCUT2D eigenvalue weighted by molar-refractivity contribution is 0.0980. The summed E-state index contributed by atoms with van der Waals surface area (Å²) < 4.78 is 28.9. The molecule has 1 heterocycles. The van der Waals surface area contributed by atoms with Crippen molar-refractivity contribution in [2.75, 3.05) is 0 Å². The van der Waals surface area contributed by atoms with Crippen molar-refractivity contribution in [1.82, 2.24) is 14.5 Å². The van der Waals surface area contributed by atoms with Gasteiger partial charge in [0.25, 0.3) is 5.91 Å². The van der Waals surface area contributed by atoms with Gasteiger partial charge in [-0.2, -0.15) is 5.10 Å². The molecule has 0 aliphatic heterocycles. The van der Waals surface area contributed by atoms with E-state index in [0.29, 0.717) is 23.6 Å². The molecule has 2 fully saturated rings. The third-order valence-corrected chi connectivity index (χ3v) is 6.84. The summed E-state index contributed by atoms with van der Waals surface area (Å²) in [6.07, 6.45) is 5.40. The van der Waals surface area contributed by atoms with Gasteiger partial charge >= 0.3 is 0 Å². The van der Waals surface area contributed by atoms with Crippen LogP contribution in [0, 0.1) is 18.8 Å². The molecule has 122 valence electrons. The van der Waals surface area contributed by atoms with Gasteiger partial charge in [0.15, 0.2) is 0 Å². The number of aromatic nitrogens is 2. The first-order valence-corrected chi connectivity index (χ1v) is 9.44. The van der Waals surface area contributed by atoms with Crippen LogP contribution in [0.5, 0.6) is 0 Å². The van der Waals surface area contributed by atoms with Crippen LogP contribution in [-0.2, 0) is 10.0 Å². The predicted molar refractivity (Wildman–Crippen MR) is 83.0 cm³/mol. The van der Waals surface area contributed by atoms with Gasteiger partial charge in [-0.1, -0.05) is 6.42 Å². The Morgan fingerprint density at radius 3 is 2.59 bits per heavy atom. The fourth-order valence-corrected chi connectivity index (χ4v) is 5.59. The van der Waals surface area contributed by atoms with E-state index in [0.717, 1.165) is 19.3 Å². The normalized spacial score (nSPS) is 27.5. The first kappa shape index (κ1) is 15.5. The number of amides is 1. The van der Waals surface area contributed by atoms with Crippen LogP contribution in [0.1, 0.15) is 61.6 Å². The van der Waals surface area contributed by atoms with Crippen LogP contribution in [0.2, 0.25) is 0 Å². The van der Waals surface area contributed by atoms with E-state index >= 15 is 0 Å². The maximum atomic E-state index is 12.5. The fourth-order valence-electron chi connectivity index (χ4n) is 3.80. The van der Waals surface area contributed by atoms with Crippen molar-refractivity contribution < 1.29 is 13.2 Å². The van der Waals surface area contributed by atoms with Crippen molar-refractivity contribution in [2.24, 2.45) is 11.8 Å². The molecule has 0 saturated heterocycles. The summed E-state index contributed by atoms with van der Waals surface area (Å²) in [5.74, 6) is 0.175. The monoisotopic (exact) mass is 325 g/mol. The molecular formula is C15H23N3O3S. The Kier molecular flexibility index (Phi) is 3.79. The van der Waals surface area contributed by atoms with Crippen molar-refractivity contribution in [3.63, 3.8) is 0 Å². The molecule has 0 aromatic carbocycles. The lowest BCUT2D eigenvalue weighted by atomic mass is 10.0. The average Bonchev–Trinajstić information content (AvgIpc) is 3.11. The maximum Gasteiger partial charge on any atom is 0.268 e. The molecule has 6 nitrogen and oxygen atoms in total. The summed E-state index contributed by atoms with van der Waals surface area (Å²) in [6, 6.07) is 0.127. The predicted octanol–water partition coefficient (Wildman–Crippen LogP) is 2.02. The minimum atomic E-state index is -3.60. The number of rotatable bonds is 4. The number of nitrogens with one attached hydrogen (secondary N) is 1. The summed E-state index contributed by atoms with van der Waals surface area (Å²) in [5.41, 5.74) is 0.884. The highest BCUT2D eigenvalue weighted by atomic mass is 32.2. The molecule has 0 radical (unpaired) electrons. The topological polar surface area (TPSA) is 81.1 Å². The third-order valence-electron chi connectivity index (χ3n) is 5.00. The minimum absolute atomic E-state index is 0.127. The van der Waals surface area contributed by atoms with E-state index in [1.165, 1.54) is 0 Å². The largest absolute Gasteiger partial charge is 0.269 e. The van der Waals surface area contributed by atoms with Gasteiger partial charge in [0.2, 0.25) is 10.0 Å². The first-order chi connectivity index (χ1) is 10.3. The van der Waals surface area contributed by atoms with E-state index in [2.05, 4.69) is 9.82 Å². The highest BCUT2D eigenvalue weighted by Crippen LogP contribution is 2.47. The van der Waals surface area contributed by atoms with E-state index in [9.17, 15) is 13.2 Å². The number of carbonyl (C=O) groups excluding carboxylic acids is 1. The van der Waals surface area contributed by atoms with Crippen LogP contribution in [0.3, 0.4) is 0 Å². The molecule has 2 aliphatic carbocycles. The van der Waals surface area contributed by atoms with Gasteiger partial charge in [-0.3, -0.25) is 9.48 Å². The number of aryl methyl sites for hydroxylation is 1. The first-order valence-electron chi connectivity index (χ1n) is 7.89. The molecule has 0 spiro atoms. The van der Waals surface area contributed by atoms with Gasteiger partial charge in [0.1, 0.15) is 0 Å². The van der Waals surface area contributed by atoms with E-state index in [1.54, 1.807) is 17.8 Å². The molecule has 22 heavy (non-hydrogen) atoms. The second-order valence-corrected chi connectivity index (χ2v) is 8.79. The molecule has 7 heteroatoms. The minimum Gasteiger partial charge on any atom is -0.269 e. The van der Waals surface area contributed by atoms with Crippen LogP contribution in [0.15, 0.2) is 6.20 Å². The van der Waals surface area contributed by atoms with Gasteiger partial charge in [-0.25, -0.2) is 13.1 Å². The Morgan fingerprint density at radius 2 is 2.09 bits per heavy atom. The summed E-state index contributed by atoms with van der Waals surface area (Å²) in [6.45, 7) is 5.64. The Bertz CT molecular complexity index is 693. The molecule has 3 rings (SSSR count). The van der Waals surface area contributed by atoms with Crippen molar-refractivity contribution in [1.29, 1.82) is 0 Å². The molecular weight excluding hydrogens is 302 g/mol. The van der Waals surface area contributed by atoms with Gasteiger partial charge in [0, 0.05) is 12.2 Å². The van der Waals surface area contributed by atoms with Gasteiger partial charge in [-0.05, 0) is 51.9 Å². The number of nitrogens with zero attached hydrogens (tertiary/aromatic N) is 2. The quantitative estimate of drug-likeness (QED) is 0.918. The second-order valence-electron chi connectivity index (χ2n) is 6.89. The van der Waals surface area contributed by atoms with Crippen LogP contribution >= 0.6 is 0 Å². The molecule has 3 atom stereocenters. The van der Waals surface area contributed by atoms with E-state index in [-0.39, 0.29) is 12.0 Å². The summed E-state index contributed by atoms with van der Waals surface area (Å²) in [5, 5.41) is 3.85. The molecule has 2 saturated carbocycles. The molecule has 1 unspecified atom stereocenters. The maximum absolute atomic E-state index is 12.5. The smallest absolute Gasteiger partial charge is 0.268 e. The van der Waals surface area contributed by atoms with Gasteiger partial charge in [0.05, 0.1) is 16.5 Å². The molecule has 1 aromatic rings. The Labute approximate surface area is 131 Å². The SMILES string of the molecule is Cc1nn(C(C)C)cc1C(=O)NS(=O)(=O)C1C[C@@H]2CC[C@H]1C2. The fraction of sp³-hybridized carbons (Fsp3) is 0.733. The lowest BCUT2D eigenvalue weighted by Gasteiger charge is -2.21. The number of hydrogen-bond donors (Lipinski definition) is 1. The summed E-state index contributed by atoms with van der Waals surface area (Å²) >= 11 is 0. The van der Waals surface area contributed by atoms with Crippen molar-refractivity contribution >= 4 is 15.9 Å². The number of hydrogen-bond acceptors (Lipinski definition) is 4. The van der Waals surface area contributed by atoms with E-state index < -0.39 is 21.2 Å². The zero-order chi connectivity index (χ0) is 16.1. The average molecular weight is 325 g/mol.